The normalized spacial score (nSPS) is 9.70. The van der Waals surface area contributed by atoms with Crippen molar-refractivity contribution in [3.05, 3.63) is 0 Å². The quantitative estimate of drug-likeness (QED) is 0.515. The van der Waals surface area contributed by atoms with Crippen molar-refractivity contribution in [3.63, 3.8) is 0 Å². The van der Waals surface area contributed by atoms with E-state index < -0.39 is 11.9 Å². The largest absolute Gasteiger partial charge is 0.550 e. The molecule has 0 unspecified atom stereocenters. The Morgan fingerprint density at radius 1 is 0.600 bits per heavy atom. The molecule has 0 saturated carbocycles. The summed E-state index contributed by atoms with van der Waals surface area (Å²) in [6.07, 6.45) is 10.8. The lowest BCUT2D eigenvalue weighted by Gasteiger charge is -2.03. The summed E-state index contributed by atoms with van der Waals surface area (Å²) in [5.41, 5.74) is 0. The van der Waals surface area contributed by atoms with Crippen LogP contribution in [0.25, 0.3) is 0 Å². The third-order valence-corrected chi connectivity index (χ3v) is 2.97. The summed E-state index contributed by atoms with van der Waals surface area (Å²) >= 11 is 0. The molecule has 0 aromatic rings. The molecule has 0 fully saturated rings. The van der Waals surface area contributed by atoms with Crippen LogP contribution in [0.2, 0.25) is 0 Å². The van der Waals surface area contributed by atoms with E-state index in [1.54, 1.807) is 0 Å². The predicted molar refractivity (Wildman–Crippen MR) is 76.8 cm³/mol. The molecule has 0 aromatic heterocycles. The average Bonchev–Trinajstić information content (AvgIpc) is 2.39. The lowest BCUT2D eigenvalue weighted by Crippen LogP contribution is -2.21. The van der Waals surface area contributed by atoms with Gasteiger partial charge in [0.2, 0.25) is 0 Å². The highest BCUT2D eigenvalue weighted by atomic mass is 16.4. The van der Waals surface area contributed by atoms with Gasteiger partial charge in [-0.3, -0.25) is 0 Å². The summed E-state index contributed by atoms with van der Waals surface area (Å²) in [7, 11) is 0. The standard InChI is InChI=1S/C10H18O4.C6H14/c11-9(12)7-5-3-1-2-4-6-8-10(13)14;1-3-5-6-4-2/h1-8H2,(H,11,12)(H,13,14);3-6H2,1-2H3/p-2. The summed E-state index contributed by atoms with van der Waals surface area (Å²) < 4.78 is 0. The Morgan fingerprint density at radius 3 is 1.15 bits per heavy atom. The third-order valence-electron chi connectivity index (χ3n) is 2.97. The van der Waals surface area contributed by atoms with Gasteiger partial charge in [0, 0.05) is 11.9 Å². The van der Waals surface area contributed by atoms with Gasteiger partial charge in [0.1, 0.15) is 0 Å². The zero-order chi connectivity index (χ0) is 15.6. The number of aliphatic carboxylic acids is 2. The van der Waals surface area contributed by atoms with Crippen LogP contribution in [0.15, 0.2) is 0 Å². The van der Waals surface area contributed by atoms with Crippen molar-refractivity contribution in [3.8, 4) is 0 Å². The van der Waals surface area contributed by atoms with Gasteiger partial charge >= 0.3 is 0 Å². The van der Waals surface area contributed by atoms with Crippen molar-refractivity contribution >= 4 is 11.9 Å². The number of carboxylic acid groups (broad SMARTS) is 2. The minimum Gasteiger partial charge on any atom is -0.550 e. The molecule has 0 amide bonds. The fraction of sp³-hybridized carbons (Fsp3) is 0.875. The van der Waals surface area contributed by atoms with Gasteiger partial charge in [0.25, 0.3) is 0 Å². The molecule has 0 aromatic carbocycles. The van der Waals surface area contributed by atoms with Gasteiger partial charge in [0.05, 0.1) is 0 Å². The first-order valence-electron chi connectivity index (χ1n) is 7.94. The Bertz CT molecular complexity index is 203. The average molecular weight is 286 g/mol. The van der Waals surface area contributed by atoms with Gasteiger partial charge in [-0.1, -0.05) is 65.2 Å². The predicted octanol–water partition coefficient (Wildman–Crippen LogP) is 2.19. The number of rotatable bonds is 12. The molecule has 4 heteroatoms. The van der Waals surface area contributed by atoms with Crippen LogP contribution in [0.5, 0.6) is 0 Å². The molecule has 0 spiro atoms. The number of carboxylic acids is 2. The minimum atomic E-state index is -0.998. The van der Waals surface area contributed by atoms with Crippen LogP contribution < -0.4 is 10.2 Å². The molecular formula is C16H30O4-2. The highest BCUT2D eigenvalue weighted by molar-refractivity contribution is 5.64. The van der Waals surface area contributed by atoms with Gasteiger partial charge in [-0.05, 0) is 25.7 Å². The highest BCUT2D eigenvalue weighted by Crippen LogP contribution is 2.07. The fourth-order valence-corrected chi connectivity index (χ4v) is 1.75. The molecule has 120 valence electrons. The maximum atomic E-state index is 10.0. The van der Waals surface area contributed by atoms with Crippen molar-refractivity contribution in [1.82, 2.24) is 0 Å². The molecule has 0 N–H and O–H groups in total. The molecular weight excluding hydrogens is 256 g/mol. The smallest absolute Gasteiger partial charge is 0.0414 e. The third kappa shape index (κ3) is 25.7. The zero-order valence-electron chi connectivity index (χ0n) is 13.1. The number of hydrogen-bond donors (Lipinski definition) is 0. The second-order valence-corrected chi connectivity index (χ2v) is 5.07. The second kappa shape index (κ2) is 17.9. The summed E-state index contributed by atoms with van der Waals surface area (Å²) in [5.74, 6) is -2.00. The first kappa shape index (κ1) is 21.2. The SMILES string of the molecule is CCCCCC.O=C([O-])CCCCCCCCC(=O)[O-]. The Hall–Kier alpha value is -1.06. The molecule has 0 bridgehead atoms. The van der Waals surface area contributed by atoms with Crippen molar-refractivity contribution in [2.75, 3.05) is 0 Å². The van der Waals surface area contributed by atoms with E-state index in [1.165, 1.54) is 25.7 Å². The lowest BCUT2D eigenvalue weighted by molar-refractivity contribution is -0.307. The zero-order valence-corrected chi connectivity index (χ0v) is 13.1. The van der Waals surface area contributed by atoms with Gasteiger partial charge in [0.15, 0.2) is 0 Å². The first-order valence-corrected chi connectivity index (χ1v) is 7.94. The van der Waals surface area contributed by atoms with Crippen LogP contribution >= 0.6 is 0 Å². The number of carbonyl (C=O) groups is 2. The topological polar surface area (TPSA) is 80.3 Å². The summed E-state index contributed by atoms with van der Waals surface area (Å²) in [6.45, 7) is 4.46. The minimum absolute atomic E-state index is 0.124. The Morgan fingerprint density at radius 2 is 0.900 bits per heavy atom. The molecule has 0 saturated heterocycles. The Labute approximate surface area is 123 Å². The van der Waals surface area contributed by atoms with Gasteiger partial charge in [-0.15, -0.1) is 0 Å². The van der Waals surface area contributed by atoms with Crippen molar-refractivity contribution < 1.29 is 19.8 Å². The van der Waals surface area contributed by atoms with Crippen LogP contribution in [0.4, 0.5) is 0 Å². The van der Waals surface area contributed by atoms with E-state index in [-0.39, 0.29) is 12.8 Å². The second-order valence-electron chi connectivity index (χ2n) is 5.07. The number of carbonyl (C=O) groups excluding carboxylic acids is 2. The number of unbranched alkanes of at least 4 members (excludes halogenated alkanes) is 8. The Balaban J connectivity index is 0. The van der Waals surface area contributed by atoms with Gasteiger partial charge in [-0.25, -0.2) is 0 Å². The van der Waals surface area contributed by atoms with E-state index in [0.29, 0.717) is 12.8 Å². The van der Waals surface area contributed by atoms with E-state index in [1.807, 2.05) is 0 Å². The first-order chi connectivity index (χ1) is 9.54. The summed E-state index contributed by atoms with van der Waals surface area (Å²) in [4.78, 5) is 20.1. The van der Waals surface area contributed by atoms with Crippen LogP contribution in [0.1, 0.15) is 90.9 Å². The molecule has 0 atom stereocenters. The van der Waals surface area contributed by atoms with Crippen LogP contribution in [-0.4, -0.2) is 11.9 Å². The van der Waals surface area contributed by atoms with E-state index in [2.05, 4.69) is 13.8 Å². The van der Waals surface area contributed by atoms with E-state index >= 15 is 0 Å². The fourth-order valence-electron chi connectivity index (χ4n) is 1.75. The highest BCUT2D eigenvalue weighted by Gasteiger charge is 1.92. The summed E-state index contributed by atoms with van der Waals surface area (Å²) in [5, 5.41) is 20.1. The van der Waals surface area contributed by atoms with Crippen LogP contribution in [0, 0.1) is 0 Å². The number of hydrogen-bond acceptors (Lipinski definition) is 4. The van der Waals surface area contributed by atoms with Gasteiger partial charge < -0.3 is 19.8 Å². The molecule has 0 radical (unpaired) electrons. The summed E-state index contributed by atoms with van der Waals surface area (Å²) in [6, 6.07) is 0. The lowest BCUT2D eigenvalue weighted by atomic mass is 10.1. The van der Waals surface area contributed by atoms with Crippen molar-refractivity contribution in [1.29, 1.82) is 0 Å². The van der Waals surface area contributed by atoms with E-state index in [4.69, 9.17) is 0 Å². The monoisotopic (exact) mass is 286 g/mol. The van der Waals surface area contributed by atoms with Gasteiger partial charge in [-0.2, -0.15) is 0 Å². The molecule has 0 rings (SSSR count). The van der Waals surface area contributed by atoms with E-state index in [9.17, 15) is 19.8 Å². The van der Waals surface area contributed by atoms with Crippen LogP contribution in [-0.2, 0) is 9.59 Å². The maximum Gasteiger partial charge on any atom is 0.0414 e. The maximum absolute atomic E-state index is 10.0. The Kier molecular flexibility index (Phi) is 19.1. The van der Waals surface area contributed by atoms with E-state index in [0.717, 1.165) is 25.7 Å². The molecule has 20 heavy (non-hydrogen) atoms. The molecule has 0 aliphatic heterocycles. The molecule has 0 heterocycles. The van der Waals surface area contributed by atoms with Crippen molar-refractivity contribution in [2.24, 2.45) is 0 Å². The molecule has 0 aliphatic carbocycles. The van der Waals surface area contributed by atoms with Crippen LogP contribution in [0.3, 0.4) is 0 Å². The molecule has 4 nitrogen and oxygen atoms in total. The molecule has 0 aliphatic rings. The van der Waals surface area contributed by atoms with Crippen molar-refractivity contribution in [2.45, 2.75) is 90.9 Å².